The van der Waals surface area contributed by atoms with Gasteiger partial charge < -0.3 is 10.5 Å². The summed E-state index contributed by atoms with van der Waals surface area (Å²) >= 11 is 5.71. The van der Waals surface area contributed by atoms with Crippen LogP contribution in [0.25, 0.3) is 0 Å². The van der Waals surface area contributed by atoms with Crippen molar-refractivity contribution in [1.82, 2.24) is 0 Å². The van der Waals surface area contributed by atoms with Crippen LogP contribution in [0, 0.1) is 0 Å². The Morgan fingerprint density at radius 1 is 1.31 bits per heavy atom. The fourth-order valence-corrected chi connectivity index (χ4v) is 1.26. The Morgan fingerprint density at radius 3 is 2.62 bits per heavy atom. The van der Waals surface area contributed by atoms with Gasteiger partial charge >= 0.3 is 6.18 Å². The fourth-order valence-electron chi connectivity index (χ4n) is 1.07. The SMILES string of the molecule is Nc1ccc(Cl)cc1COCCC(F)(F)F. The van der Waals surface area contributed by atoms with Gasteiger partial charge in [0, 0.05) is 16.3 Å². The largest absolute Gasteiger partial charge is 0.398 e. The molecule has 0 radical (unpaired) electrons. The first-order valence-corrected chi connectivity index (χ1v) is 4.95. The summed E-state index contributed by atoms with van der Waals surface area (Å²) in [5.74, 6) is 0. The number of rotatable bonds is 4. The number of alkyl halides is 3. The van der Waals surface area contributed by atoms with Gasteiger partial charge in [0.2, 0.25) is 0 Å². The fraction of sp³-hybridized carbons (Fsp3) is 0.400. The highest BCUT2D eigenvalue weighted by molar-refractivity contribution is 6.30. The van der Waals surface area contributed by atoms with Gasteiger partial charge in [-0.1, -0.05) is 11.6 Å². The summed E-state index contributed by atoms with van der Waals surface area (Å²) in [4.78, 5) is 0. The third kappa shape index (κ3) is 4.72. The molecule has 0 aliphatic carbocycles. The molecule has 6 heteroatoms. The van der Waals surface area contributed by atoms with E-state index in [1.165, 1.54) is 0 Å². The molecule has 1 aromatic carbocycles. The van der Waals surface area contributed by atoms with Gasteiger partial charge in [0.25, 0.3) is 0 Å². The number of anilines is 1. The lowest BCUT2D eigenvalue weighted by Crippen LogP contribution is -2.11. The summed E-state index contributed by atoms with van der Waals surface area (Å²) in [7, 11) is 0. The molecule has 0 aromatic heterocycles. The number of nitrogens with two attached hydrogens (primary N) is 1. The molecular weight excluding hydrogens is 243 g/mol. The van der Waals surface area contributed by atoms with E-state index < -0.39 is 12.6 Å². The van der Waals surface area contributed by atoms with Crippen molar-refractivity contribution in [2.24, 2.45) is 0 Å². The Hall–Kier alpha value is -0.940. The minimum absolute atomic E-state index is 0.0302. The van der Waals surface area contributed by atoms with Crippen molar-refractivity contribution in [2.75, 3.05) is 12.3 Å². The predicted molar refractivity (Wildman–Crippen MR) is 56.2 cm³/mol. The summed E-state index contributed by atoms with van der Waals surface area (Å²) in [6.07, 6.45) is -5.16. The highest BCUT2D eigenvalue weighted by Crippen LogP contribution is 2.21. The summed E-state index contributed by atoms with van der Waals surface area (Å²) in [6.45, 7) is -0.349. The molecule has 0 aliphatic heterocycles. The molecule has 0 atom stereocenters. The average Bonchev–Trinajstić information content (AvgIpc) is 2.16. The molecule has 0 fully saturated rings. The quantitative estimate of drug-likeness (QED) is 0.659. The number of hydrogen-bond donors (Lipinski definition) is 1. The van der Waals surface area contributed by atoms with E-state index in [0.29, 0.717) is 16.3 Å². The van der Waals surface area contributed by atoms with Crippen molar-refractivity contribution < 1.29 is 17.9 Å². The van der Waals surface area contributed by atoms with Gasteiger partial charge in [0.05, 0.1) is 19.6 Å². The number of hydrogen-bond acceptors (Lipinski definition) is 2. The van der Waals surface area contributed by atoms with Crippen LogP contribution in [0.4, 0.5) is 18.9 Å². The van der Waals surface area contributed by atoms with Crippen LogP contribution in [0.3, 0.4) is 0 Å². The topological polar surface area (TPSA) is 35.2 Å². The predicted octanol–water partition coefficient (Wildman–Crippen LogP) is 3.39. The first kappa shape index (κ1) is 13.1. The second-order valence-corrected chi connectivity index (χ2v) is 3.70. The monoisotopic (exact) mass is 253 g/mol. The molecule has 16 heavy (non-hydrogen) atoms. The van der Waals surface area contributed by atoms with E-state index in [1.54, 1.807) is 18.2 Å². The van der Waals surface area contributed by atoms with Crippen LogP contribution in [0.5, 0.6) is 0 Å². The van der Waals surface area contributed by atoms with Crippen molar-refractivity contribution >= 4 is 17.3 Å². The van der Waals surface area contributed by atoms with Gasteiger partial charge in [-0.2, -0.15) is 13.2 Å². The Labute approximate surface area is 96.1 Å². The third-order valence-electron chi connectivity index (χ3n) is 1.89. The van der Waals surface area contributed by atoms with Gasteiger partial charge in [-0.3, -0.25) is 0 Å². The normalized spacial score (nSPS) is 11.8. The van der Waals surface area contributed by atoms with E-state index in [4.69, 9.17) is 22.1 Å². The molecule has 0 heterocycles. The van der Waals surface area contributed by atoms with E-state index >= 15 is 0 Å². The first-order valence-electron chi connectivity index (χ1n) is 4.57. The lowest BCUT2D eigenvalue weighted by atomic mass is 10.2. The molecule has 1 rings (SSSR count). The average molecular weight is 254 g/mol. The van der Waals surface area contributed by atoms with Crippen molar-refractivity contribution in [3.05, 3.63) is 28.8 Å². The van der Waals surface area contributed by atoms with Gasteiger partial charge in [-0.15, -0.1) is 0 Å². The number of ether oxygens (including phenoxy) is 1. The summed E-state index contributed by atoms with van der Waals surface area (Å²) < 4.78 is 40.3. The Bertz CT molecular complexity index is 354. The van der Waals surface area contributed by atoms with E-state index in [2.05, 4.69) is 0 Å². The third-order valence-corrected chi connectivity index (χ3v) is 2.13. The van der Waals surface area contributed by atoms with Crippen molar-refractivity contribution in [3.8, 4) is 0 Å². The summed E-state index contributed by atoms with van der Waals surface area (Å²) in [5, 5.41) is 0.476. The van der Waals surface area contributed by atoms with E-state index in [0.717, 1.165) is 0 Å². The Kier molecular flexibility index (Phi) is 4.44. The smallest absolute Gasteiger partial charge is 0.391 e. The maximum absolute atomic E-state index is 11.8. The van der Waals surface area contributed by atoms with Gasteiger partial charge in [-0.25, -0.2) is 0 Å². The summed E-state index contributed by atoms with van der Waals surface area (Å²) in [6, 6.07) is 4.77. The lowest BCUT2D eigenvalue weighted by molar-refractivity contribution is -0.146. The van der Waals surface area contributed by atoms with Gasteiger partial charge in [-0.05, 0) is 18.2 Å². The van der Waals surface area contributed by atoms with Crippen LogP contribution < -0.4 is 5.73 Å². The molecular formula is C10H11ClF3NO. The van der Waals surface area contributed by atoms with Crippen LogP contribution in [-0.2, 0) is 11.3 Å². The molecule has 0 bridgehead atoms. The first-order chi connectivity index (χ1) is 7.38. The minimum atomic E-state index is -4.19. The van der Waals surface area contributed by atoms with Crippen molar-refractivity contribution in [3.63, 3.8) is 0 Å². The highest BCUT2D eigenvalue weighted by Gasteiger charge is 2.26. The summed E-state index contributed by atoms with van der Waals surface area (Å²) in [5.41, 5.74) is 6.64. The van der Waals surface area contributed by atoms with Gasteiger partial charge in [0.15, 0.2) is 0 Å². The minimum Gasteiger partial charge on any atom is -0.398 e. The standard InChI is InChI=1S/C10H11ClF3NO/c11-8-1-2-9(15)7(5-8)6-16-4-3-10(12,13)14/h1-2,5H,3-4,6,15H2. The van der Waals surface area contributed by atoms with Crippen molar-refractivity contribution in [2.45, 2.75) is 19.2 Å². The van der Waals surface area contributed by atoms with E-state index in [1.807, 2.05) is 0 Å². The number of halogens is 4. The maximum Gasteiger partial charge on any atom is 0.391 e. The Balaban J connectivity index is 2.40. The maximum atomic E-state index is 11.8. The van der Waals surface area contributed by atoms with Crippen LogP contribution in [0.15, 0.2) is 18.2 Å². The molecule has 1 aromatic rings. The van der Waals surface area contributed by atoms with Crippen LogP contribution in [0.1, 0.15) is 12.0 Å². The zero-order chi connectivity index (χ0) is 12.2. The van der Waals surface area contributed by atoms with Crippen LogP contribution in [-0.4, -0.2) is 12.8 Å². The molecule has 2 N–H and O–H groups in total. The number of benzene rings is 1. The second kappa shape index (κ2) is 5.41. The van der Waals surface area contributed by atoms with E-state index in [-0.39, 0.29) is 13.2 Å². The molecule has 0 saturated heterocycles. The van der Waals surface area contributed by atoms with Crippen molar-refractivity contribution in [1.29, 1.82) is 0 Å². The second-order valence-electron chi connectivity index (χ2n) is 3.26. The lowest BCUT2D eigenvalue weighted by Gasteiger charge is -2.09. The molecule has 90 valence electrons. The van der Waals surface area contributed by atoms with Gasteiger partial charge in [0.1, 0.15) is 0 Å². The molecule has 0 unspecified atom stereocenters. The highest BCUT2D eigenvalue weighted by atomic mass is 35.5. The molecule has 0 spiro atoms. The van der Waals surface area contributed by atoms with E-state index in [9.17, 15) is 13.2 Å². The molecule has 0 aliphatic rings. The Morgan fingerprint density at radius 2 is 2.00 bits per heavy atom. The molecule has 0 amide bonds. The number of nitrogen functional groups attached to an aromatic ring is 1. The zero-order valence-corrected chi connectivity index (χ0v) is 9.11. The van der Waals surface area contributed by atoms with Crippen LogP contribution in [0.2, 0.25) is 5.02 Å². The zero-order valence-electron chi connectivity index (χ0n) is 8.35. The molecule has 0 saturated carbocycles. The molecule has 2 nitrogen and oxygen atoms in total. The van der Waals surface area contributed by atoms with Crippen LogP contribution >= 0.6 is 11.6 Å².